The number of hydrogen-bond acceptors (Lipinski definition) is 7. The molecular formula is C37H41FN6O4. The Balaban J connectivity index is 1.45. The van der Waals surface area contributed by atoms with E-state index in [0.717, 1.165) is 5.56 Å². The van der Waals surface area contributed by atoms with Gasteiger partial charge in [0.2, 0.25) is 5.91 Å². The fourth-order valence-corrected chi connectivity index (χ4v) is 5.65. The van der Waals surface area contributed by atoms with Crippen LogP contribution in [0.2, 0.25) is 0 Å². The van der Waals surface area contributed by atoms with E-state index >= 15 is 4.39 Å². The number of carbonyl (C=O) groups is 2. The zero-order valence-corrected chi connectivity index (χ0v) is 28.1. The fraction of sp³-hybridized carbons (Fsp3) is 0.297. The molecule has 1 aliphatic heterocycles. The Morgan fingerprint density at radius 3 is 2.52 bits per heavy atom. The van der Waals surface area contributed by atoms with Crippen LogP contribution in [0.5, 0.6) is 0 Å². The third kappa shape index (κ3) is 7.37. The van der Waals surface area contributed by atoms with Gasteiger partial charge in [-0.1, -0.05) is 51.1 Å². The van der Waals surface area contributed by atoms with Crippen LogP contribution in [0, 0.1) is 5.82 Å². The SMILES string of the molecule is CN(C)CC=CC(=O)Nc1cccc(Nc2nc(-c3cccc(N4CCc5cc(C(C)(C)C)cc(F)c5C4=O)c3CO)cn(C)c2=O)c1. The number of hydrogen-bond donors (Lipinski definition) is 3. The van der Waals surface area contributed by atoms with Gasteiger partial charge in [0.25, 0.3) is 11.5 Å². The molecule has 0 saturated heterocycles. The van der Waals surface area contributed by atoms with E-state index in [2.05, 4.69) is 15.6 Å². The van der Waals surface area contributed by atoms with Crippen LogP contribution < -0.4 is 21.1 Å². The van der Waals surface area contributed by atoms with Gasteiger partial charge in [-0.3, -0.25) is 14.4 Å². The molecule has 0 radical (unpaired) electrons. The summed E-state index contributed by atoms with van der Waals surface area (Å²) in [6.07, 6.45) is 5.23. The largest absolute Gasteiger partial charge is 0.392 e. The van der Waals surface area contributed by atoms with Gasteiger partial charge < -0.3 is 30.1 Å². The summed E-state index contributed by atoms with van der Waals surface area (Å²) >= 11 is 0. The monoisotopic (exact) mass is 652 g/mol. The average molecular weight is 653 g/mol. The lowest BCUT2D eigenvalue weighted by molar-refractivity contribution is -0.111. The van der Waals surface area contributed by atoms with Crippen LogP contribution in [0.3, 0.4) is 0 Å². The van der Waals surface area contributed by atoms with Crippen LogP contribution in [0.4, 0.5) is 27.3 Å². The van der Waals surface area contributed by atoms with Gasteiger partial charge >= 0.3 is 0 Å². The molecule has 10 nitrogen and oxygen atoms in total. The second kappa shape index (κ2) is 13.9. The molecule has 5 rings (SSSR count). The summed E-state index contributed by atoms with van der Waals surface area (Å²) < 4.78 is 16.8. The van der Waals surface area contributed by atoms with Gasteiger partial charge in [0, 0.05) is 54.9 Å². The minimum absolute atomic E-state index is 0.0262. The molecule has 0 atom stereocenters. The molecule has 0 spiro atoms. The van der Waals surface area contributed by atoms with Crippen molar-refractivity contribution in [2.24, 2.45) is 7.05 Å². The minimum atomic E-state index is -0.561. The molecule has 11 heteroatoms. The molecule has 2 heterocycles. The van der Waals surface area contributed by atoms with Crippen LogP contribution in [0.15, 0.2) is 77.7 Å². The molecule has 3 aromatic carbocycles. The van der Waals surface area contributed by atoms with Crippen LogP contribution in [0.1, 0.15) is 47.8 Å². The van der Waals surface area contributed by atoms with Gasteiger partial charge in [0.1, 0.15) is 5.82 Å². The number of benzene rings is 3. The lowest BCUT2D eigenvalue weighted by Crippen LogP contribution is -2.39. The number of anilines is 4. The first-order valence-corrected chi connectivity index (χ1v) is 15.7. The van der Waals surface area contributed by atoms with E-state index in [4.69, 9.17) is 0 Å². The smallest absolute Gasteiger partial charge is 0.293 e. The third-order valence-electron chi connectivity index (χ3n) is 8.18. The number of aryl methyl sites for hydroxylation is 1. The first-order chi connectivity index (χ1) is 22.8. The van der Waals surface area contributed by atoms with Gasteiger partial charge in [0.05, 0.1) is 23.6 Å². The predicted octanol–water partition coefficient (Wildman–Crippen LogP) is 5.38. The number of nitrogens with zero attached hydrogens (tertiary/aromatic N) is 4. The van der Waals surface area contributed by atoms with Crippen molar-refractivity contribution in [3.8, 4) is 11.3 Å². The van der Waals surface area contributed by atoms with E-state index in [1.807, 2.05) is 45.8 Å². The lowest BCUT2D eigenvalue weighted by Gasteiger charge is -2.32. The quantitative estimate of drug-likeness (QED) is 0.208. The number of likely N-dealkylation sites (N-methyl/N-ethyl adjacent to an activating group) is 1. The molecule has 0 aliphatic carbocycles. The number of aliphatic hydroxyl groups excluding tert-OH is 1. The Kier molecular flexibility index (Phi) is 9.92. The lowest BCUT2D eigenvalue weighted by atomic mass is 9.83. The molecule has 0 unspecified atom stereocenters. The van der Waals surface area contributed by atoms with Crippen LogP contribution in [-0.2, 0) is 30.3 Å². The summed E-state index contributed by atoms with van der Waals surface area (Å²) in [4.78, 5) is 47.3. The molecule has 0 saturated carbocycles. The second-order valence-electron chi connectivity index (χ2n) is 13.2. The normalized spacial score (nSPS) is 13.3. The minimum Gasteiger partial charge on any atom is -0.392 e. The first-order valence-electron chi connectivity index (χ1n) is 15.7. The van der Waals surface area contributed by atoms with E-state index in [1.165, 1.54) is 21.6 Å². The summed E-state index contributed by atoms with van der Waals surface area (Å²) in [5.74, 6) is -1.29. The number of nitrogens with one attached hydrogen (secondary N) is 2. The highest BCUT2D eigenvalue weighted by atomic mass is 19.1. The molecule has 48 heavy (non-hydrogen) atoms. The Hall–Kier alpha value is -5.13. The van der Waals surface area contributed by atoms with Crippen LogP contribution in [-0.4, -0.2) is 58.6 Å². The number of amides is 2. The first kappa shape index (κ1) is 34.2. The number of aromatic nitrogens is 2. The van der Waals surface area contributed by atoms with E-state index in [-0.39, 0.29) is 22.7 Å². The number of aliphatic hydroxyl groups is 1. The van der Waals surface area contributed by atoms with E-state index in [9.17, 15) is 19.5 Å². The van der Waals surface area contributed by atoms with Gasteiger partial charge in [-0.15, -0.1) is 0 Å². The number of carbonyl (C=O) groups excluding carboxylic acids is 2. The van der Waals surface area contributed by atoms with Gasteiger partial charge in [-0.25, -0.2) is 9.37 Å². The Morgan fingerprint density at radius 1 is 1.08 bits per heavy atom. The van der Waals surface area contributed by atoms with Crippen molar-refractivity contribution in [3.05, 3.63) is 111 Å². The van der Waals surface area contributed by atoms with Crippen molar-refractivity contribution in [2.45, 2.75) is 39.2 Å². The van der Waals surface area contributed by atoms with Crippen molar-refractivity contribution in [1.29, 1.82) is 0 Å². The molecule has 2 amide bonds. The summed E-state index contributed by atoms with van der Waals surface area (Å²) in [5.41, 5.74) is 3.69. The Morgan fingerprint density at radius 2 is 1.81 bits per heavy atom. The van der Waals surface area contributed by atoms with Crippen molar-refractivity contribution in [2.75, 3.05) is 42.7 Å². The standard InChI is InChI=1S/C37H41FN6O4/c1-37(2,3)24-18-23-15-17-44(35(47)33(23)29(38)19-24)31-13-8-12-27(28(31)22-45)30-21-43(6)36(48)34(41-30)40-26-11-7-10-25(20-26)39-32(46)14-9-16-42(4)5/h7-14,18-21,45H,15-17,22H2,1-6H3,(H,39,46)(H,40,41). The van der Waals surface area contributed by atoms with Crippen molar-refractivity contribution < 1.29 is 19.1 Å². The summed E-state index contributed by atoms with van der Waals surface area (Å²) in [6.45, 7) is 6.51. The molecule has 4 aromatic rings. The highest BCUT2D eigenvalue weighted by molar-refractivity contribution is 6.09. The van der Waals surface area contributed by atoms with Crippen LogP contribution in [0.25, 0.3) is 11.3 Å². The topological polar surface area (TPSA) is 120 Å². The highest BCUT2D eigenvalue weighted by Gasteiger charge is 2.32. The molecule has 1 aromatic heterocycles. The summed E-state index contributed by atoms with van der Waals surface area (Å²) in [7, 11) is 5.41. The van der Waals surface area contributed by atoms with Gasteiger partial charge in [-0.2, -0.15) is 0 Å². The fourth-order valence-electron chi connectivity index (χ4n) is 5.65. The maximum Gasteiger partial charge on any atom is 0.293 e. The van der Waals surface area contributed by atoms with Gasteiger partial charge in [0.15, 0.2) is 5.82 Å². The van der Waals surface area contributed by atoms with Crippen LogP contribution >= 0.6 is 0 Å². The zero-order valence-electron chi connectivity index (χ0n) is 28.1. The summed E-state index contributed by atoms with van der Waals surface area (Å²) in [6, 6.07) is 15.5. The number of halogens is 1. The van der Waals surface area contributed by atoms with Crippen molar-refractivity contribution in [3.63, 3.8) is 0 Å². The second-order valence-corrected chi connectivity index (χ2v) is 13.2. The molecule has 250 valence electrons. The molecule has 0 bridgehead atoms. The van der Waals surface area contributed by atoms with Crippen molar-refractivity contribution in [1.82, 2.24) is 14.5 Å². The predicted molar refractivity (Wildman–Crippen MR) is 187 cm³/mol. The summed E-state index contributed by atoms with van der Waals surface area (Å²) in [5, 5.41) is 16.5. The van der Waals surface area contributed by atoms with E-state index in [1.54, 1.807) is 61.8 Å². The number of rotatable bonds is 9. The Labute approximate surface area is 279 Å². The maximum atomic E-state index is 15.4. The molecule has 0 fully saturated rings. The Bertz CT molecular complexity index is 1960. The molecular weight excluding hydrogens is 611 g/mol. The van der Waals surface area contributed by atoms with Gasteiger partial charge in [-0.05, 0) is 67.4 Å². The highest BCUT2D eigenvalue weighted by Crippen LogP contribution is 2.36. The molecule has 1 aliphatic rings. The number of fused-ring (bicyclic) bond motifs is 1. The van der Waals surface area contributed by atoms with E-state index in [0.29, 0.717) is 59.0 Å². The average Bonchev–Trinajstić information content (AvgIpc) is 3.02. The zero-order chi connectivity index (χ0) is 34.7. The third-order valence-corrected chi connectivity index (χ3v) is 8.18. The maximum absolute atomic E-state index is 15.4. The molecule has 3 N–H and O–H groups in total. The van der Waals surface area contributed by atoms with Crippen molar-refractivity contribution >= 4 is 34.7 Å². The van der Waals surface area contributed by atoms with E-state index < -0.39 is 23.9 Å².